The van der Waals surface area contributed by atoms with Crippen molar-refractivity contribution < 1.29 is 14.3 Å². The van der Waals surface area contributed by atoms with Crippen LogP contribution in [0.5, 0.6) is 11.5 Å². The standard InChI is InChI=1S/C43H51N11O3/c44-41-39-40(31-6-12-37(13-7-31)57-36-4-2-1-3-5-36)48-54(42(39)46-30-45-41)35-16-21-51(22-17-35)33-14-19-49(20-15-33)24-25-50-26-28-52(29-27-50)32-8-10-34(11-9-32)53-23-18-38(55)47-43(53)56/h1-13,30,33,35H,14-29H2,(H2,44,45,46)(H,47,55,56). The van der Waals surface area contributed by atoms with Crippen LogP contribution in [0.15, 0.2) is 85.2 Å². The van der Waals surface area contributed by atoms with E-state index >= 15 is 0 Å². The molecule has 0 unspecified atom stereocenters. The molecule has 2 aromatic heterocycles. The van der Waals surface area contributed by atoms with Gasteiger partial charge in [-0.3, -0.25) is 19.9 Å². The van der Waals surface area contributed by atoms with Crippen molar-refractivity contribution in [3.63, 3.8) is 0 Å². The van der Waals surface area contributed by atoms with E-state index in [0.717, 1.165) is 118 Å². The van der Waals surface area contributed by atoms with Gasteiger partial charge in [-0.25, -0.2) is 19.4 Å². The van der Waals surface area contributed by atoms with E-state index in [2.05, 4.69) is 51.7 Å². The molecule has 14 heteroatoms. The minimum absolute atomic E-state index is 0.212. The highest BCUT2D eigenvalue weighted by Gasteiger charge is 2.31. The number of amides is 3. The van der Waals surface area contributed by atoms with E-state index in [1.807, 2.05) is 66.7 Å². The Labute approximate surface area is 333 Å². The van der Waals surface area contributed by atoms with E-state index in [9.17, 15) is 9.59 Å². The summed E-state index contributed by atoms with van der Waals surface area (Å²) in [5.41, 5.74) is 11.0. The lowest BCUT2D eigenvalue weighted by Crippen LogP contribution is -2.51. The number of hydrogen-bond acceptors (Lipinski definition) is 11. The van der Waals surface area contributed by atoms with Crippen molar-refractivity contribution in [3.05, 3.63) is 85.2 Å². The van der Waals surface area contributed by atoms with Crippen molar-refractivity contribution >= 4 is 40.2 Å². The van der Waals surface area contributed by atoms with Crippen molar-refractivity contribution in [2.24, 2.45) is 0 Å². The molecular weight excluding hydrogens is 719 g/mol. The molecule has 4 aliphatic rings. The lowest BCUT2D eigenvalue weighted by molar-refractivity contribution is -0.120. The molecule has 0 radical (unpaired) electrons. The first-order valence-corrected chi connectivity index (χ1v) is 20.4. The average molecular weight is 770 g/mol. The Morgan fingerprint density at radius 3 is 2.04 bits per heavy atom. The number of nitrogens with two attached hydrogens (primary N) is 1. The number of imide groups is 1. The molecule has 0 bridgehead atoms. The largest absolute Gasteiger partial charge is 0.457 e. The minimum Gasteiger partial charge on any atom is -0.457 e. The minimum atomic E-state index is -0.344. The number of fused-ring (bicyclic) bond motifs is 1. The summed E-state index contributed by atoms with van der Waals surface area (Å²) in [5.74, 6) is 1.80. The highest BCUT2D eigenvalue weighted by atomic mass is 16.5. The quantitative estimate of drug-likeness (QED) is 0.193. The lowest BCUT2D eigenvalue weighted by Gasteiger charge is -2.42. The molecule has 6 heterocycles. The van der Waals surface area contributed by atoms with E-state index in [1.165, 1.54) is 18.5 Å². The normalized spacial score (nSPS) is 19.6. The first-order valence-electron chi connectivity index (χ1n) is 20.4. The maximum atomic E-state index is 12.2. The number of nitrogens with one attached hydrogen (secondary N) is 1. The zero-order valence-electron chi connectivity index (χ0n) is 32.4. The number of carbonyl (C=O) groups is 2. The van der Waals surface area contributed by atoms with Gasteiger partial charge in [0, 0.05) is 88.3 Å². The van der Waals surface area contributed by atoms with Gasteiger partial charge in [-0.2, -0.15) is 5.10 Å². The molecule has 9 rings (SSSR count). The number of hydrogen-bond donors (Lipinski definition) is 2. The summed E-state index contributed by atoms with van der Waals surface area (Å²) in [6, 6.07) is 26.4. The number of nitrogens with zero attached hydrogens (tertiary/aromatic N) is 9. The van der Waals surface area contributed by atoms with Crippen molar-refractivity contribution in [2.75, 3.05) is 87.5 Å². The summed E-state index contributed by atoms with van der Waals surface area (Å²) in [6.07, 6.45) is 6.36. The number of nitrogen functional groups attached to an aromatic ring is 1. The predicted molar refractivity (Wildman–Crippen MR) is 222 cm³/mol. The first kappa shape index (κ1) is 37.0. The first-order chi connectivity index (χ1) is 27.9. The molecule has 3 aromatic carbocycles. The Morgan fingerprint density at radius 2 is 1.33 bits per heavy atom. The number of piperidine rings is 2. The van der Waals surface area contributed by atoms with Gasteiger partial charge < -0.3 is 25.2 Å². The van der Waals surface area contributed by atoms with E-state index in [1.54, 1.807) is 11.2 Å². The van der Waals surface area contributed by atoms with Crippen LogP contribution in [-0.4, -0.2) is 124 Å². The Bertz CT molecular complexity index is 2150. The van der Waals surface area contributed by atoms with Gasteiger partial charge in [0.2, 0.25) is 5.91 Å². The van der Waals surface area contributed by atoms with Crippen LogP contribution >= 0.6 is 0 Å². The topological polar surface area (TPSA) is 141 Å². The van der Waals surface area contributed by atoms with Crippen LogP contribution in [0.4, 0.5) is 22.0 Å². The summed E-state index contributed by atoms with van der Waals surface area (Å²) in [7, 11) is 0. The molecule has 3 amide bonds. The number of likely N-dealkylation sites (tertiary alicyclic amines) is 2. The second-order valence-electron chi connectivity index (χ2n) is 15.6. The number of anilines is 3. The molecule has 5 aromatic rings. The maximum Gasteiger partial charge on any atom is 0.328 e. The van der Waals surface area contributed by atoms with Gasteiger partial charge in [-0.15, -0.1) is 0 Å². The maximum absolute atomic E-state index is 12.2. The number of ether oxygens (including phenoxy) is 1. The number of carbonyl (C=O) groups excluding carboxylic acids is 2. The molecule has 0 aliphatic carbocycles. The van der Waals surface area contributed by atoms with Crippen LogP contribution in [-0.2, 0) is 4.79 Å². The molecule has 4 saturated heterocycles. The van der Waals surface area contributed by atoms with Gasteiger partial charge in [0.15, 0.2) is 5.65 Å². The summed E-state index contributed by atoms with van der Waals surface area (Å²) >= 11 is 0. The van der Waals surface area contributed by atoms with Gasteiger partial charge in [-0.05, 0) is 99.4 Å². The summed E-state index contributed by atoms with van der Waals surface area (Å²) in [4.78, 5) is 44.8. The Balaban J connectivity index is 0.730. The molecule has 57 heavy (non-hydrogen) atoms. The van der Waals surface area contributed by atoms with Gasteiger partial charge >= 0.3 is 6.03 Å². The van der Waals surface area contributed by atoms with Crippen molar-refractivity contribution in [3.8, 4) is 22.8 Å². The summed E-state index contributed by atoms with van der Waals surface area (Å²) in [5, 5.41) is 8.35. The third-order valence-electron chi connectivity index (χ3n) is 12.2. The third-order valence-corrected chi connectivity index (χ3v) is 12.2. The summed E-state index contributed by atoms with van der Waals surface area (Å²) in [6.45, 7) is 11.1. The van der Waals surface area contributed by atoms with Gasteiger partial charge in [0.1, 0.15) is 29.3 Å². The molecule has 14 nitrogen and oxygen atoms in total. The van der Waals surface area contributed by atoms with Crippen LogP contribution in [0.1, 0.15) is 38.1 Å². The smallest absolute Gasteiger partial charge is 0.328 e. The Morgan fingerprint density at radius 1 is 0.684 bits per heavy atom. The van der Waals surface area contributed by atoms with Gasteiger partial charge in [-0.1, -0.05) is 18.2 Å². The number of aromatic nitrogens is 4. The van der Waals surface area contributed by atoms with E-state index in [4.69, 9.17) is 15.6 Å². The third kappa shape index (κ3) is 8.16. The van der Waals surface area contributed by atoms with Crippen molar-refractivity contribution in [1.82, 2.24) is 39.8 Å². The van der Waals surface area contributed by atoms with Gasteiger partial charge in [0.25, 0.3) is 0 Å². The second-order valence-corrected chi connectivity index (χ2v) is 15.6. The molecule has 0 atom stereocenters. The Kier molecular flexibility index (Phi) is 10.7. The van der Waals surface area contributed by atoms with Crippen LogP contribution in [0.2, 0.25) is 0 Å². The van der Waals surface area contributed by atoms with E-state index < -0.39 is 0 Å². The van der Waals surface area contributed by atoms with Crippen LogP contribution in [0, 0.1) is 0 Å². The number of urea groups is 1. The van der Waals surface area contributed by atoms with Crippen molar-refractivity contribution in [2.45, 2.75) is 44.2 Å². The van der Waals surface area contributed by atoms with Gasteiger partial charge in [0.05, 0.1) is 11.4 Å². The fourth-order valence-electron chi connectivity index (χ4n) is 8.93. The number of para-hydroxylation sites is 1. The lowest BCUT2D eigenvalue weighted by atomic mass is 9.98. The molecule has 0 saturated carbocycles. The summed E-state index contributed by atoms with van der Waals surface area (Å²) < 4.78 is 8.13. The SMILES string of the molecule is Nc1ncnc2c1c(-c1ccc(Oc3ccccc3)cc1)nn2C1CCN(C2CCN(CCN3CCN(c4ccc(N5CCC(=O)NC5=O)cc4)CC3)CC2)CC1. The fourth-order valence-corrected chi connectivity index (χ4v) is 8.93. The Hall–Kier alpha value is -5.57. The monoisotopic (exact) mass is 769 g/mol. The zero-order chi connectivity index (χ0) is 38.7. The average Bonchev–Trinajstić information content (AvgIpc) is 3.65. The number of benzene rings is 3. The number of piperazine rings is 1. The zero-order valence-corrected chi connectivity index (χ0v) is 32.4. The molecule has 4 aliphatic heterocycles. The van der Waals surface area contributed by atoms with Crippen LogP contribution in [0.25, 0.3) is 22.3 Å². The number of rotatable bonds is 10. The fraction of sp³-hybridized carbons (Fsp3) is 0.419. The van der Waals surface area contributed by atoms with Crippen molar-refractivity contribution in [1.29, 1.82) is 0 Å². The molecule has 296 valence electrons. The van der Waals surface area contributed by atoms with Crippen LogP contribution < -0.4 is 25.6 Å². The molecule has 3 N–H and O–H groups in total. The second kappa shape index (κ2) is 16.5. The van der Waals surface area contributed by atoms with Crippen LogP contribution in [0.3, 0.4) is 0 Å². The van der Waals surface area contributed by atoms with E-state index in [-0.39, 0.29) is 18.0 Å². The van der Waals surface area contributed by atoms with E-state index in [0.29, 0.717) is 24.8 Å². The highest BCUT2D eigenvalue weighted by Crippen LogP contribution is 2.36. The highest BCUT2D eigenvalue weighted by molar-refractivity contribution is 6.05. The molecule has 4 fully saturated rings. The molecule has 0 spiro atoms. The molecular formula is C43H51N11O3. The predicted octanol–water partition coefficient (Wildman–Crippen LogP) is 5.24.